The highest BCUT2D eigenvalue weighted by atomic mass is 16.5. The number of para-hydroxylation sites is 1. The Morgan fingerprint density at radius 1 is 1.57 bits per heavy atom. The van der Waals surface area contributed by atoms with Crippen LogP contribution in [0.1, 0.15) is 18.6 Å². The Balaban J connectivity index is 2.96. The van der Waals surface area contributed by atoms with Crippen LogP contribution in [-0.4, -0.2) is 11.1 Å². The molecule has 0 saturated heterocycles. The van der Waals surface area contributed by atoms with E-state index in [1.54, 1.807) is 18.2 Å². The van der Waals surface area contributed by atoms with Gasteiger partial charge in [0.05, 0.1) is 0 Å². The maximum Gasteiger partial charge on any atom is 0.304 e. The van der Waals surface area contributed by atoms with Crippen LogP contribution in [0.15, 0.2) is 24.3 Å². The fourth-order valence-electron chi connectivity index (χ4n) is 1.03. The molecule has 0 radical (unpaired) electrons. The molecule has 0 heterocycles. The maximum absolute atomic E-state index is 10.6. The molecule has 14 heavy (non-hydrogen) atoms. The topological polar surface area (TPSA) is 70.3 Å². The summed E-state index contributed by atoms with van der Waals surface area (Å²) in [4.78, 5) is 10.6. The van der Waals surface area contributed by atoms with Gasteiger partial charge in [-0.05, 0) is 6.07 Å². The van der Waals surface area contributed by atoms with E-state index in [1.165, 1.54) is 19.1 Å². The van der Waals surface area contributed by atoms with Gasteiger partial charge in [-0.25, -0.2) is 0 Å². The number of rotatable bonds is 2. The number of phenols is 1. The number of esters is 1. The fraction of sp³-hybridized carbons (Fsp3) is 0.200. The van der Waals surface area contributed by atoms with Crippen molar-refractivity contribution in [2.24, 2.45) is 0 Å². The van der Waals surface area contributed by atoms with Gasteiger partial charge in [0, 0.05) is 12.5 Å². The van der Waals surface area contributed by atoms with Crippen molar-refractivity contribution >= 4 is 5.97 Å². The van der Waals surface area contributed by atoms with Gasteiger partial charge in [-0.3, -0.25) is 4.79 Å². The number of carbonyl (C=O) groups is 1. The zero-order chi connectivity index (χ0) is 10.6. The number of aromatic hydroxyl groups is 1. The van der Waals surface area contributed by atoms with Crippen molar-refractivity contribution in [3.8, 4) is 11.8 Å². The number of hydrogen-bond donors (Lipinski definition) is 1. The van der Waals surface area contributed by atoms with Crippen molar-refractivity contribution in [2.75, 3.05) is 0 Å². The van der Waals surface area contributed by atoms with Crippen molar-refractivity contribution in [1.29, 1.82) is 5.26 Å². The molecule has 0 aliphatic heterocycles. The van der Waals surface area contributed by atoms with Crippen LogP contribution in [-0.2, 0) is 9.53 Å². The molecule has 1 aromatic carbocycles. The largest absolute Gasteiger partial charge is 0.507 e. The van der Waals surface area contributed by atoms with Gasteiger partial charge in [-0.2, -0.15) is 5.26 Å². The molecule has 1 atom stereocenters. The molecule has 4 nitrogen and oxygen atoms in total. The molecule has 0 fully saturated rings. The second kappa shape index (κ2) is 4.28. The summed E-state index contributed by atoms with van der Waals surface area (Å²) in [6, 6.07) is 8.04. The molecule has 0 aliphatic rings. The summed E-state index contributed by atoms with van der Waals surface area (Å²) in [5, 5.41) is 18.1. The van der Waals surface area contributed by atoms with Gasteiger partial charge in [0.25, 0.3) is 0 Å². The SMILES string of the molecule is CC(=O)OC(C#N)c1ccccc1O. The molecule has 0 saturated carbocycles. The molecule has 1 unspecified atom stereocenters. The van der Waals surface area contributed by atoms with Gasteiger partial charge in [0.1, 0.15) is 11.8 Å². The first-order chi connectivity index (χ1) is 6.65. The Morgan fingerprint density at radius 2 is 2.21 bits per heavy atom. The van der Waals surface area contributed by atoms with Crippen LogP contribution in [0.4, 0.5) is 0 Å². The first-order valence-corrected chi connectivity index (χ1v) is 4.00. The lowest BCUT2D eigenvalue weighted by atomic mass is 10.1. The van der Waals surface area contributed by atoms with Crippen molar-refractivity contribution in [1.82, 2.24) is 0 Å². The van der Waals surface area contributed by atoms with Crippen molar-refractivity contribution < 1.29 is 14.6 Å². The average Bonchev–Trinajstić information content (AvgIpc) is 2.15. The van der Waals surface area contributed by atoms with Crippen molar-refractivity contribution in [2.45, 2.75) is 13.0 Å². The molecule has 1 aromatic rings. The lowest BCUT2D eigenvalue weighted by Crippen LogP contribution is -2.06. The van der Waals surface area contributed by atoms with E-state index in [9.17, 15) is 9.90 Å². The van der Waals surface area contributed by atoms with E-state index in [-0.39, 0.29) is 5.75 Å². The summed E-state index contributed by atoms with van der Waals surface area (Å²) in [6.45, 7) is 1.21. The van der Waals surface area contributed by atoms with E-state index >= 15 is 0 Å². The third-order valence-electron chi connectivity index (χ3n) is 1.62. The van der Waals surface area contributed by atoms with Crippen LogP contribution in [0.3, 0.4) is 0 Å². The number of nitriles is 1. The minimum absolute atomic E-state index is 0.0553. The standard InChI is InChI=1S/C10H9NO3/c1-7(12)14-10(6-11)8-4-2-3-5-9(8)13/h2-5,10,13H,1H3. The number of phenolic OH excluding ortho intramolecular Hbond substituents is 1. The average molecular weight is 191 g/mol. The lowest BCUT2D eigenvalue weighted by molar-refractivity contribution is -0.144. The number of hydrogen-bond acceptors (Lipinski definition) is 4. The third kappa shape index (κ3) is 2.23. The second-order valence-corrected chi connectivity index (χ2v) is 2.68. The van der Waals surface area contributed by atoms with Crippen molar-refractivity contribution in [3.05, 3.63) is 29.8 Å². The van der Waals surface area contributed by atoms with Gasteiger partial charge < -0.3 is 9.84 Å². The molecular formula is C10H9NO3. The molecule has 0 spiro atoms. The normalized spacial score (nSPS) is 11.4. The zero-order valence-electron chi connectivity index (χ0n) is 7.60. The minimum atomic E-state index is -1.05. The van der Waals surface area contributed by atoms with E-state index in [1.807, 2.05) is 0 Å². The first kappa shape index (κ1) is 10.1. The van der Waals surface area contributed by atoms with Crippen LogP contribution >= 0.6 is 0 Å². The predicted octanol–water partition coefficient (Wildman–Crippen LogP) is 1.52. The van der Waals surface area contributed by atoms with Gasteiger partial charge in [-0.15, -0.1) is 0 Å². The van der Waals surface area contributed by atoms with E-state index in [0.29, 0.717) is 5.56 Å². The maximum atomic E-state index is 10.6. The molecule has 0 aromatic heterocycles. The van der Waals surface area contributed by atoms with Crippen LogP contribution in [0.25, 0.3) is 0 Å². The molecular weight excluding hydrogens is 182 g/mol. The van der Waals surface area contributed by atoms with Crippen LogP contribution in [0.2, 0.25) is 0 Å². The third-order valence-corrected chi connectivity index (χ3v) is 1.62. The molecule has 1 rings (SSSR count). The Bertz CT molecular complexity index is 381. The Labute approximate surface area is 81.4 Å². The first-order valence-electron chi connectivity index (χ1n) is 4.00. The van der Waals surface area contributed by atoms with Gasteiger partial charge in [-0.1, -0.05) is 18.2 Å². The van der Waals surface area contributed by atoms with Crippen LogP contribution < -0.4 is 0 Å². The molecule has 1 N–H and O–H groups in total. The number of nitrogens with zero attached hydrogens (tertiary/aromatic N) is 1. The summed E-state index contributed by atoms with van der Waals surface area (Å²) < 4.78 is 4.71. The quantitative estimate of drug-likeness (QED) is 0.719. The van der Waals surface area contributed by atoms with Crippen LogP contribution in [0.5, 0.6) is 5.75 Å². The summed E-state index contributed by atoms with van der Waals surface area (Å²) in [6.07, 6.45) is -1.05. The summed E-state index contributed by atoms with van der Waals surface area (Å²) in [7, 11) is 0. The van der Waals surface area contributed by atoms with E-state index in [4.69, 9.17) is 10.00 Å². The molecule has 0 bridgehead atoms. The van der Waals surface area contributed by atoms with Crippen LogP contribution in [0, 0.1) is 11.3 Å². The minimum Gasteiger partial charge on any atom is -0.507 e. The van der Waals surface area contributed by atoms with Gasteiger partial charge in [0.15, 0.2) is 0 Å². The summed E-state index contributed by atoms with van der Waals surface area (Å²) in [5.41, 5.74) is 0.296. The Kier molecular flexibility index (Phi) is 3.08. The monoisotopic (exact) mass is 191 g/mol. The van der Waals surface area contributed by atoms with Crippen molar-refractivity contribution in [3.63, 3.8) is 0 Å². The molecule has 0 amide bonds. The summed E-state index contributed by atoms with van der Waals surface area (Å²) in [5.74, 6) is -0.611. The zero-order valence-corrected chi connectivity index (χ0v) is 7.60. The highest BCUT2D eigenvalue weighted by molar-refractivity contribution is 5.66. The van der Waals surface area contributed by atoms with E-state index in [2.05, 4.69) is 0 Å². The number of benzene rings is 1. The Hall–Kier alpha value is -2.02. The van der Waals surface area contributed by atoms with Gasteiger partial charge in [0.2, 0.25) is 6.10 Å². The number of carbonyl (C=O) groups excluding carboxylic acids is 1. The highest BCUT2D eigenvalue weighted by Crippen LogP contribution is 2.25. The second-order valence-electron chi connectivity index (χ2n) is 2.68. The fourth-order valence-corrected chi connectivity index (χ4v) is 1.03. The molecule has 4 heteroatoms. The molecule has 0 aliphatic carbocycles. The lowest BCUT2D eigenvalue weighted by Gasteiger charge is -2.10. The molecule has 72 valence electrons. The smallest absolute Gasteiger partial charge is 0.304 e. The van der Waals surface area contributed by atoms with E-state index < -0.39 is 12.1 Å². The number of ether oxygens (including phenoxy) is 1. The summed E-state index contributed by atoms with van der Waals surface area (Å²) >= 11 is 0. The van der Waals surface area contributed by atoms with Gasteiger partial charge >= 0.3 is 5.97 Å². The highest BCUT2D eigenvalue weighted by Gasteiger charge is 2.16. The Morgan fingerprint density at radius 3 is 2.71 bits per heavy atom. The van der Waals surface area contributed by atoms with E-state index in [0.717, 1.165) is 0 Å². The predicted molar refractivity (Wildman–Crippen MR) is 48.2 cm³/mol.